The van der Waals surface area contributed by atoms with E-state index in [0.717, 1.165) is 0 Å². The first kappa shape index (κ1) is 9.50. The first-order valence-corrected chi connectivity index (χ1v) is 4.34. The van der Waals surface area contributed by atoms with Gasteiger partial charge in [0.1, 0.15) is 5.84 Å². The minimum Gasteiger partial charge on any atom is -0.480 e. The number of nitrogens with one attached hydrogen (secondary N) is 1. The van der Waals surface area contributed by atoms with Crippen molar-refractivity contribution < 1.29 is 19.8 Å². The van der Waals surface area contributed by atoms with Gasteiger partial charge in [-0.3, -0.25) is 10.4 Å². The molecule has 2 aliphatic heterocycles. The van der Waals surface area contributed by atoms with Crippen molar-refractivity contribution in [2.45, 2.75) is 6.04 Å². The van der Waals surface area contributed by atoms with Gasteiger partial charge in [0.15, 0.2) is 6.04 Å². The second-order valence-electron chi connectivity index (χ2n) is 3.23. The molecule has 2 heterocycles. The predicted octanol–water partition coefficient (Wildman–Crippen LogP) is -0.478. The summed E-state index contributed by atoms with van der Waals surface area (Å²) in [5.74, 6) is -1.30. The lowest BCUT2D eigenvalue weighted by Crippen LogP contribution is -2.46. The predicted molar refractivity (Wildman–Crippen MR) is 49.4 cm³/mol. The molecule has 0 aliphatic carbocycles. The number of rotatable bonds is 1. The normalized spacial score (nSPS) is 28.0. The molecule has 1 amide bonds. The third kappa shape index (κ3) is 1.41. The smallest absolute Gasteiger partial charge is 0.427 e. The molecule has 0 saturated carbocycles. The van der Waals surface area contributed by atoms with Crippen molar-refractivity contribution in [2.24, 2.45) is 10.9 Å². The fraction of sp³-hybridized carbons (Fsp3) is 0.375. The van der Waals surface area contributed by atoms with Gasteiger partial charge in [0.25, 0.3) is 0 Å². The first-order valence-electron chi connectivity index (χ1n) is 4.34. The molecule has 2 aliphatic rings. The van der Waals surface area contributed by atoms with Crippen LogP contribution < -0.4 is 5.43 Å². The summed E-state index contributed by atoms with van der Waals surface area (Å²) >= 11 is 0. The molecule has 7 nitrogen and oxygen atoms in total. The zero-order valence-electron chi connectivity index (χ0n) is 7.62. The Labute approximate surface area is 84.7 Å². The maximum Gasteiger partial charge on any atom is 0.427 e. The van der Waals surface area contributed by atoms with Crippen LogP contribution in [0, 0.1) is 5.92 Å². The minimum atomic E-state index is -1.33. The standard InChI is InChI=1S/C8H9N3O4/c12-7(13)5-4-2-1-3-9-6(4)10-11(5)8(14)15/h1-2,4-5H,3H2,(H,9,10)(H,12,13)(H,14,15). The van der Waals surface area contributed by atoms with Crippen molar-refractivity contribution in [2.75, 3.05) is 6.54 Å². The van der Waals surface area contributed by atoms with Crippen LogP contribution in [0.4, 0.5) is 4.79 Å². The SMILES string of the molecule is O=C(O)C1C2C=CCN=C2NN1C(=O)O. The number of amidine groups is 1. The number of dihydropyridines is 1. The van der Waals surface area contributed by atoms with Crippen molar-refractivity contribution >= 4 is 17.9 Å². The molecule has 0 spiro atoms. The van der Waals surface area contributed by atoms with Gasteiger partial charge in [-0.15, -0.1) is 0 Å². The number of hydrogen-bond acceptors (Lipinski definition) is 4. The van der Waals surface area contributed by atoms with Gasteiger partial charge in [-0.05, 0) is 0 Å². The Morgan fingerprint density at radius 3 is 2.87 bits per heavy atom. The van der Waals surface area contributed by atoms with Gasteiger partial charge >= 0.3 is 12.1 Å². The summed E-state index contributed by atoms with van der Waals surface area (Å²) in [7, 11) is 0. The van der Waals surface area contributed by atoms with Gasteiger partial charge in [0, 0.05) is 0 Å². The van der Waals surface area contributed by atoms with Gasteiger partial charge in [-0.25, -0.2) is 14.6 Å². The summed E-state index contributed by atoms with van der Waals surface area (Å²) in [6.07, 6.45) is 2.06. The topological polar surface area (TPSA) is 102 Å². The van der Waals surface area contributed by atoms with Crippen molar-refractivity contribution in [1.29, 1.82) is 0 Å². The number of aliphatic carboxylic acids is 1. The first-order chi connectivity index (χ1) is 7.11. The number of hydrazine groups is 1. The molecule has 15 heavy (non-hydrogen) atoms. The summed E-state index contributed by atoms with van der Waals surface area (Å²) in [5.41, 5.74) is 2.48. The molecule has 2 unspecified atom stereocenters. The molecule has 2 rings (SSSR count). The highest BCUT2D eigenvalue weighted by atomic mass is 16.4. The Kier molecular flexibility index (Phi) is 2.07. The maximum absolute atomic E-state index is 10.9. The lowest BCUT2D eigenvalue weighted by atomic mass is 9.98. The Hall–Kier alpha value is -2.05. The number of fused-ring (bicyclic) bond motifs is 1. The summed E-state index contributed by atoms with van der Waals surface area (Å²) in [5, 5.41) is 18.4. The molecule has 0 aromatic rings. The van der Waals surface area contributed by atoms with Crippen LogP contribution in [0.25, 0.3) is 0 Å². The molecule has 2 atom stereocenters. The molecule has 0 radical (unpaired) electrons. The monoisotopic (exact) mass is 211 g/mol. The Morgan fingerprint density at radius 1 is 1.53 bits per heavy atom. The molecular weight excluding hydrogens is 202 g/mol. The molecule has 1 saturated heterocycles. The van der Waals surface area contributed by atoms with E-state index < -0.39 is 24.0 Å². The van der Waals surface area contributed by atoms with E-state index in [1.165, 1.54) is 0 Å². The maximum atomic E-state index is 10.9. The average molecular weight is 211 g/mol. The summed E-state index contributed by atoms with van der Waals surface area (Å²) < 4.78 is 0. The number of nitrogens with zero attached hydrogens (tertiary/aromatic N) is 2. The van der Waals surface area contributed by atoms with Gasteiger partial charge in [0.2, 0.25) is 0 Å². The number of carboxylic acid groups (broad SMARTS) is 2. The highest BCUT2D eigenvalue weighted by Crippen LogP contribution is 2.22. The van der Waals surface area contributed by atoms with Crippen molar-refractivity contribution in [3.05, 3.63) is 12.2 Å². The fourth-order valence-electron chi connectivity index (χ4n) is 1.70. The third-order valence-electron chi connectivity index (χ3n) is 2.34. The fourth-order valence-corrected chi connectivity index (χ4v) is 1.70. The number of amides is 1. The lowest BCUT2D eigenvalue weighted by molar-refractivity contribution is -0.142. The van der Waals surface area contributed by atoms with Crippen LogP contribution in [0.5, 0.6) is 0 Å². The number of aliphatic imine (C=N–C) groups is 1. The second kappa shape index (κ2) is 3.26. The Balaban J connectivity index is 2.34. The van der Waals surface area contributed by atoms with Crippen LogP contribution in [-0.2, 0) is 4.79 Å². The van der Waals surface area contributed by atoms with Crippen molar-refractivity contribution in [3.8, 4) is 0 Å². The van der Waals surface area contributed by atoms with Gasteiger partial charge in [-0.1, -0.05) is 12.2 Å². The number of carboxylic acids is 1. The molecule has 0 aromatic heterocycles. The van der Waals surface area contributed by atoms with E-state index in [0.29, 0.717) is 17.4 Å². The van der Waals surface area contributed by atoms with E-state index in [-0.39, 0.29) is 0 Å². The van der Waals surface area contributed by atoms with Crippen LogP contribution in [0.3, 0.4) is 0 Å². The van der Waals surface area contributed by atoms with Crippen LogP contribution >= 0.6 is 0 Å². The molecule has 0 aromatic carbocycles. The van der Waals surface area contributed by atoms with Gasteiger partial charge < -0.3 is 10.2 Å². The van der Waals surface area contributed by atoms with Crippen LogP contribution in [0.1, 0.15) is 0 Å². The Morgan fingerprint density at radius 2 is 2.27 bits per heavy atom. The number of carbonyl (C=O) groups is 2. The largest absolute Gasteiger partial charge is 0.480 e. The van der Waals surface area contributed by atoms with E-state index in [4.69, 9.17) is 10.2 Å². The highest BCUT2D eigenvalue weighted by molar-refractivity contribution is 5.98. The summed E-state index contributed by atoms with van der Waals surface area (Å²) in [6, 6.07) is -1.14. The van der Waals surface area contributed by atoms with E-state index in [2.05, 4.69) is 10.4 Å². The van der Waals surface area contributed by atoms with Gasteiger partial charge in [0.05, 0.1) is 12.5 Å². The zero-order chi connectivity index (χ0) is 11.0. The van der Waals surface area contributed by atoms with Crippen molar-refractivity contribution in [1.82, 2.24) is 10.4 Å². The van der Waals surface area contributed by atoms with E-state index in [1.54, 1.807) is 12.2 Å². The number of hydrogen-bond donors (Lipinski definition) is 3. The Bertz CT molecular complexity index is 376. The highest BCUT2D eigenvalue weighted by Gasteiger charge is 2.45. The van der Waals surface area contributed by atoms with Crippen molar-refractivity contribution in [3.63, 3.8) is 0 Å². The van der Waals surface area contributed by atoms with Crippen LogP contribution in [0.2, 0.25) is 0 Å². The van der Waals surface area contributed by atoms with Gasteiger partial charge in [-0.2, -0.15) is 0 Å². The minimum absolute atomic E-state index is 0.396. The van der Waals surface area contributed by atoms with E-state index in [9.17, 15) is 9.59 Å². The molecular formula is C8H9N3O4. The molecule has 3 N–H and O–H groups in total. The molecule has 0 bridgehead atoms. The molecule has 1 fully saturated rings. The van der Waals surface area contributed by atoms with Crippen LogP contribution in [0.15, 0.2) is 17.1 Å². The summed E-state index contributed by atoms with van der Waals surface area (Å²) in [4.78, 5) is 25.7. The third-order valence-corrected chi connectivity index (χ3v) is 2.34. The average Bonchev–Trinajstić information content (AvgIpc) is 2.56. The molecule has 7 heteroatoms. The summed E-state index contributed by atoms with van der Waals surface area (Å²) in [6.45, 7) is 0.443. The van der Waals surface area contributed by atoms with E-state index >= 15 is 0 Å². The van der Waals surface area contributed by atoms with E-state index in [1.807, 2.05) is 0 Å². The zero-order valence-corrected chi connectivity index (χ0v) is 7.62. The second-order valence-corrected chi connectivity index (χ2v) is 3.23. The quantitative estimate of drug-likeness (QED) is 0.508. The molecule has 80 valence electrons. The van der Waals surface area contributed by atoms with Crippen LogP contribution in [-0.4, -0.2) is 45.7 Å². The lowest BCUT2D eigenvalue weighted by Gasteiger charge is -2.17.